The van der Waals surface area contributed by atoms with Crippen LogP contribution in [0.25, 0.3) is 0 Å². The molecule has 0 aromatic carbocycles. The zero-order valence-corrected chi connectivity index (χ0v) is 10.6. The molecule has 1 aliphatic heterocycles. The van der Waals surface area contributed by atoms with Crippen LogP contribution in [-0.2, 0) is 14.3 Å². The van der Waals surface area contributed by atoms with Crippen LogP contribution in [0.5, 0.6) is 0 Å². The fourth-order valence-electron chi connectivity index (χ4n) is 2.64. The van der Waals surface area contributed by atoms with Crippen molar-refractivity contribution in [3.63, 3.8) is 0 Å². The molecule has 17 heavy (non-hydrogen) atoms. The first-order valence-electron chi connectivity index (χ1n) is 6.03. The van der Waals surface area contributed by atoms with Crippen molar-refractivity contribution < 1.29 is 14.3 Å². The molecule has 92 valence electrons. The Kier molecular flexibility index (Phi) is 2.94. The molecule has 1 atom stereocenters. The summed E-state index contributed by atoms with van der Waals surface area (Å²) in [4.78, 5) is 23.7. The minimum absolute atomic E-state index is 0.0835. The van der Waals surface area contributed by atoms with Crippen LogP contribution in [0.3, 0.4) is 0 Å². The molecule has 1 unspecified atom stereocenters. The van der Waals surface area contributed by atoms with Gasteiger partial charge >= 0.3 is 5.97 Å². The molecule has 0 radical (unpaired) electrons. The zero-order chi connectivity index (χ0) is 12.6. The van der Waals surface area contributed by atoms with E-state index in [-0.39, 0.29) is 29.5 Å². The Morgan fingerprint density at radius 3 is 2.65 bits per heavy atom. The van der Waals surface area contributed by atoms with Crippen molar-refractivity contribution in [3.05, 3.63) is 23.5 Å². The summed E-state index contributed by atoms with van der Waals surface area (Å²) in [6.07, 6.45) is 5.31. The van der Waals surface area contributed by atoms with Crippen LogP contribution in [-0.4, -0.2) is 11.8 Å². The molecule has 3 heteroatoms. The average molecular weight is 234 g/mol. The van der Waals surface area contributed by atoms with Crippen molar-refractivity contribution in [2.24, 2.45) is 11.3 Å². The van der Waals surface area contributed by atoms with Gasteiger partial charge in [0, 0.05) is 24.3 Å². The lowest BCUT2D eigenvalue weighted by molar-refractivity contribution is -0.143. The number of allylic oxidation sites excluding steroid dienone is 4. The van der Waals surface area contributed by atoms with Gasteiger partial charge < -0.3 is 4.74 Å². The Balaban J connectivity index is 2.42. The lowest BCUT2D eigenvalue weighted by Crippen LogP contribution is -2.34. The van der Waals surface area contributed by atoms with Crippen molar-refractivity contribution in [1.29, 1.82) is 0 Å². The smallest absolute Gasteiger partial charge is 0.311 e. The summed E-state index contributed by atoms with van der Waals surface area (Å²) >= 11 is 0. The monoisotopic (exact) mass is 234 g/mol. The molecule has 0 fully saturated rings. The maximum absolute atomic E-state index is 12.2. The lowest BCUT2D eigenvalue weighted by atomic mass is 9.72. The second-order valence-corrected chi connectivity index (χ2v) is 5.59. The Hall–Kier alpha value is -1.38. The Morgan fingerprint density at radius 2 is 2.00 bits per heavy atom. The van der Waals surface area contributed by atoms with Gasteiger partial charge in [-0.2, -0.15) is 0 Å². The lowest BCUT2D eigenvalue weighted by Gasteiger charge is -2.35. The number of hydrogen-bond donors (Lipinski definition) is 0. The number of hydrogen-bond acceptors (Lipinski definition) is 3. The average Bonchev–Trinajstić information content (AvgIpc) is 2.13. The van der Waals surface area contributed by atoms with Crippen LogP contribution >= 0.6 is 0 Å². The third-order valence-corrected chi connectivity index (χ3v) is 3.30. The van der Waals surface area contributed by atoms with Crippen molar-refractivity contribution in [2.75, 3.05) is 0 Å². The van der Waals surface area contributed by atoms with Crippen molar-refractivity contribution in [3.8, 4) is 0 Å². The van der Waals surface area contributed by atoms with E-state index in [1.54, 1.807) is 0 Å². The van der Waals surface area contributed by atoms with Crippen LogP contribution in [0.1, 0.15) is 40.0 Å². The number of carbonyl (C=O) groups is 2. The highest BCUT2D eigenvalue weighted by molar-refractivity contribution is 5.99. The van der Waals surface area contributed by atoms with Gasteiger partial charge in [0.05, 0.1) is 6.42 Å². The maximum Gasteiger partial charge on any atom is 0.311 e. The summed E-state index contributed by atoms with van der Waals surface area (Å²) in [5.74, 6) is 0.426. The molecule has 2 aliphatic rings. The number of rotatable bonds is 1. The highest BCUT2D eigenvalue weighted by Crippen LogP contribution is 2.42. The molecule has 3 nitrogen and oxygen atoms in total. The SMILES string of the molecule is C/C=C/C1CC(=O)OC2=C1C(=O)CC(C)(C)C2. The molecule has 0 spiro atoms. The summed E-state index contributed by atoms with van der Waals surface area (Å²) in [7, 11) is 0. The van der Waals surface area contributed by atoms with E-state index in [1.807, 2.05) is 32.9 Å². The van der Waals surface area contributed by atoms with Crippen LogP contribution in [0.4, 0.5) is 0 Å². The first-order chi connectivity index (χ1) is 7.93. The molecule has 0 saturated heterocycles. The Morgan fingerprint density at radius 1 is 1.29 bits per heavy atom. The normalized spacial score (nSPS) is 28.3. The van der Waals surface area contributed by atoms with E-state index in [4.69, 9.17) is 4.74 Å². The Labute approximate surface area is 102 Å². The summed E-state index contributed by atoms with van der Waals surface area (Å²) in [5, 5.41) is 0. The Bertz CT molecular complexity index is 427. The van der Waals surface area contributed by atoms with Gasteiger partial charge in [0.25, 0.3) is 0 Å². The van der Waals surface area contributed by atoms with E-state index < -0.39 is 0 Å². The van der Waals surface area contributed by atoms with E-state index >= 15 is 0 Å². The second-order valence-electron chi connectivity index (χ2n) is 5.59. The summed E-state index contributed by atoms with van der Waals surface area (Å²) in [6.45, 7) is 5.96. The number of carbonyl (C=O) groups excluding carboxylic acids is 2. The molecule has 0 bridgehead atoms. The first kappa shape index (κ1) is 12.1. The third-order valence-electron chi connectivity index (χ3n) is 3.30. The molecule has 1 aliphatic carbocycles. The van der Waals surface area contributed by atoms with Gasteiger partial charge in [-0.1, -0.05) is 26.0 Å². The van der Waals surface area contributed by atoms with Crippen molar-refractivity contribution >= 4 is 11.8 Å². The maximum atomic E-state index is 12.2. The molecule has 0 saturated carbocycles. The van der Waals surface area contributed by atoms with E-state index in [2.05, 4.69) is 0 Å². The number of esters is 1. The topological polar surface area (TPSA) is 43.4 Å². The van der Waals surface area contributed by atoms with Crippen molar-refractivity contribution in [1.82, 2.24) is 0 Å². The van der Waals surface area contributed by atoms with E-state index in [0.29, 0.717) is 18.6 Å². The van der Waals surface area contributed by atoms with E-state index in [1.165, 1.54) is 0 Å². The molecule has 1 heterocycles. The van der Waals surface area contributed by atoms with Gasteiger partial charge in [0.15, 0.2) is 5.78 Å². The minimum atomic E-state index is -0.225. The van der Waals surface area contributed by atoms with Gasteiger partial charge in [-0.05, 0) is 12.3 Å². The number of ketones is 1. The second kappa shape index (κ2) is 4.13. The fourth-order valence-corrected chi connectivity index (χ4v) is 2.64. The predicted molar refractivity (Wildman–Crippen MR) is 64.1 cm³/mol. The van der Waals surface area contributed by atoms with E-state index in [9.17, 15) is 9.59 Å². The van der Waals surface area contributed by atoms with Crippen LogP contribution < -0.4 is 0 Å². The predicted octanol–water partition coefficient (Wildman–Crippen LogP) is 2.77. The highest BCUT2D eigenvalue weighted by Gasteiger charge is 2.40. The molecular formula is C14H18O3. The molecule has 2 rings (SSSR count). The van der Waals surface area contributed by atoms with Crippen molar-refractivity contribution in [2.45, 2.75) is 40.0 Å². The van der Waals surface area contributed by atoms with Crippen LogP contribution in [0, 0.1) is 11.3 Å². The van der Waals surface area contributed by atoms with Gasteiger partial charge in [-0.3, -0.25) is 9.59 Å². The van der Waals surface area contributed by atoms with Gasteiger partial charge in [-0.25, -0.2) is 0 Å². The molecule has 0 aromatic rings. The standard InChI is InChI=1S/C14H18O3/c1-4-5-9-6-12(16)17-11-8-14(2,3)7-10(15)13(9)11/h4-5,9H,6-8H2,1-3H3/b5-4+. The van der Waals surface area contributed by atoms with Crippen LogP contribution in [0.2, 0.25) is 0 Å². The molecule has 0 amide bonds. The third kappa shape index (κ3) is 2.33. The number of Topliss-reactive ketones (excluding diaryl/α,β-unsaturated/α-hetero) is 1. The largest absolute Gasteiger partial charge is 0.431 e. The first-order valence-corrected chi connectivity index (χ1v) is 6.03. The van der Waals surface area contributed by atoms with Crippen LogP contribution in [0.15, 0.2) is 23.5 Å². The van der Waals surface area contributed by atoms with E-state index in [0.717, 1.165) is 5.57 Å². The quantitative estimate of drug-likeness (QED) is 0.517. The van der Waals surface area contributed by atoms with Gasteiger partial charge in [0.2, 0.25) is 0 Å². The highest BCUT2D eigenvalue weighted by atomic mass is 16.5. The van der Waals surface area contributed by atoms with Gasteiger partial charge in [0.1, 0.15) is 5.76 Å². The summed E-state index contributed by atoms with van der Waals surface area (Å²) in [5.41, 5.74) is 0.621. The summed E-state index contributed by atoms with van der Waals surface area (Å²) in [6, 6.07) is 0. The zero-order valence-electron chi connectivity index (χ0n) is 10.6. The fraction of sp³-hybridized carbons (Fsp3) is 0.571. The van der Waals surface area contributed by atoms with Gasteiger partial charge in [-0.15, -0.1) is 0 Å². The molecular weight excluding hydrogens is 216 g/mol. The minimum Gasteiger partial charge on any atom is -0.431 e. The molecule has 0 N–H and O–H groups in total. The molecule has 0 aromatic heterocycles. The number of ether oxygens (including phenoxy) is 1. The summed E-state index contributed by atoms with van der Waals surface area (Å²) < 4.78 is 5.26.